The smallest absolute Gasteiger partial charge is 0.234 e. The average Bonchev–Trinajstić information content (AvgIpc) is 3.15. The minimum absolute atomic E-state index is 0.0133. The topological polar surface area (TPSA) is 60.0 Å². The number of nitrogens with one attached hydrogen (secondary N) is 1. The monoisotopic (exact) mass is 384 g/mol. The standard InChI is InChI=1S/C22H28N2O4/c1-24(18-10-9-16-7-5-6-8-17(16)18)14-21(25)23-13-15-11-19(26-2)22(28-4)20(12-15)27-3/h5-8,11-12,18H,9-10,13-14H2,1-4H3,(H,23,25)/t18-/m1/s1. The van der Waals surface area contributed by atoms with E-state index in [0.29, 0.717) is 36.4 Å². The van der Waals surface area contributed by atoms with E-state index in [9.17, 15) is 4.79 Å². The van der Waals surface area contributed by atoms with Crippen molar-refractivity contribution < 1.29 is 19.0 Å². The van der Waals surface area contributed by atoms with Crippen molar-refractivity contribution in [2.24, 2.45) is 0 Å². The number of likely N-dealkylation sites (N-methyl/N-ethyl adjacent to an activating group) is 1. The molecule has 1 atom stereocenters. The van der Waals surface area contributed by atoms with Crippen LogP contribution in [0.4, 0.5) is 0 Å². The summed E-state index contributed by atoms with van der Waals surface area (Å²) >= 11 is 0. The number of nitrogens with zero attached hydrogens (tertiary/aromatic N) is 1. The fourth-order valence-corrected chi connectivity index (χ4v) is 3.82. The summed E-state index contributed by atoms with van der Waals surface area (Å²) in [6.45, 7) is 0.744. The van der Waals surface area contributed by atoms with Gasteiger partial charge in [0.05, 0.1) is 27.9 Å². The van der Waals surface area contributed by atoms with Crippen molar-refractivity contribution in [2.75, 3.05) is 34.9 Å². The van der Waals surface area contributed by atoms with Crippen molar-refractivity contribution in [2.45, 2.75) is 25.4 Å². The number of hydrogen-bond donors (Lipinski definition) is 1. The lowest BCUT2D eigenvalue weighted by atomic mass is 10.1. The maximum Gasteiger partial charge on any atom is 0.234 e. The lowest BCUT2D eigenvalue weighted by Crippen LogP contribution is -2.36. The van der Waals surface area contributed by atoms with Crippen LogP contribution in [0.15, 0.2) is 36.4 Å². The van der Waals surface area contributed by atoms with Gasteiger partial charge in [0.2, 0.25) is 11.7 Å². The summed E-state index contributed by atoms with van der Waals surface area (Å²) in [4.78, 5) is 14.6. The van der Waals surface area contributed by atoms with Crippen LogP contribution in [0.25, 0.3) is 0 Å². The first-order valence-electron chi connectivity index (χ1n) is 9.41. The number of ether oxygens (including phenoxy) is 3. The van der Waals surface area contributed by atoms with Crippen LogP contribution in [-0.2, 0) is 17.8 Å². The second-order valence-corrected chi connectivity index (χ2v) is 6.98. The van der Waals surface area contributed by atoms with Gasteiger partial charge in [-0.2, -0.15) is 0 Å². The number of methoxy groups -OCH3 is 3. The summed E-state index contributed by atoms with van der Waals surface area (Å²) in [7, 11) is 6.73. The van der Waals surface area contributed by atoms with Gasteiger partial charge in [-0.15, -0.1) is 0 Å². The number of benzene rings is 2. The number of carbonyl (C=O) groups is 1. The third kappa shape index (κ3) is 4.22. The first-order valence-corrected chi connectivity index (χ1v) is 9.41. The van der Waals surface area contributed by atoms with E-state index in [1.807, 2.05) is 19.2 Å². The molecular formula is C22H28N2O4. The van der Waals surface area contributed by atoms with Crippen molar-refractivity contribution in [3.8, 4) is 17.2 Å². The molecule has 1 N–H and O–H groups in total. The second-order valence-electron chi connectivity index (χ2n) is 6.98. The fraction of sp³-hybridized carbons (Fsp3) is 0.409. The highest BCUT2D eigenvalue weighted by Gasteiger charge is 2.26. The summed E-state index contributed by atoms with van der Waals surface area (Å²) in [6.07, 6.45) is 2.12. The quantitative estimate of drug-likeness (QED) is 0.758. The number of aryl methyl sites for hydroxylation is 1. The average molecular weight is 384 g/mol. The zero-order valence-electron chi connectivity index (χ0n) is 17.0. The predicted molar refractivity (Wildman–Crippen MR) is 108 cm³/mol. The van der Waals surface area contributed by atoms with Gasteiger partial charge in [0.1, 0.15) is 0 Å². The number of hydrogen-bond acceptors (Lipinski definition) is 5. The molecule has 1 amide bonds. The summed E-state index contributed by atoms with van der Waals surface area (Å²) in [5.74, 6) is 1.68. The lowest BCUT2D eigenvalue weighted by molar-refractivity contribution is -0.122. The zero-order chi connectivity index (χ0) is 20.1. The highest BCUT2D eigenvalue weighted by molar-refractivity contribution is 5.78. The summed E-state index contributed by atoms with van der Waals surface area (Å²) < 4.78 is 16.1. The second kappa shape index (κ2) is 8.97. The SMILES string of the molecule is COc1cc(CNC(=O)CN(C)[C@@H]2CCc3ccccc32)cc(OC)c1OC. The first-order chi connectivity index (χ1) is 13.6. The molecule has 0 bridgehead atoms. The van der Waals surface area contributed by atoms with E-state index in [1.165, 1.54) is 11.1 Å². The van der Waals surface area contributed by atoms with Crippen molar-refractivity contribution in [1.29, 1.82) is 0 Å². The Morgan fingerprint density at radius 2 is 1.79 bits per heavy atom. The van der Waals surface area contributed by atoms with Gasteiger partial charge >= 0.3 is 0 Å². The van der Waals surface area contributed by atoms with Gasteiger partial charge in [0.15, 0.2) is 11.5 Å². The Labute approximate surface area is 166 Å². The minimum atomic E-state index is -0.0133. The van der Waals surface area contributed by atoms with Crippen LogP contribution < -0.4 is 19.5 Å². The van der Waals surface area contributed by atoms with Crippen molar-refractivity contribution in [3.63, 3.8) is 0 Å². The molecule has 3 rings (SSSR count). The first kappa shape index (κ1) is 20.0. The molecule has 150 valence electrons. The largest absolute Gasteiger partial charge is 0.493 e. The van der Waals surface area contributed by atoms with Gasteiger partial charge < -0.3 is 19.5 Å². The van der Waals surface area contributed by atoms with E-state index in [2.05, 4.69) is 34.5 Å². The molecule has 2 aromatic rings. The van der Waals surface area contributed by atoms with E-state index in [0.717, 1.165) is 18.4 Å². The summed E-state index contributed by atoms with van der Waals surface area (Å²) in [5, 5.41) is 2.98. The Kier molecular flexibility index (Phi) is 6.41. The molecule has 6 nitrogen and oxygen atoms in total. The normalized spacial score (nSPS) is 15.2. The van der Waals surface area contributed by atoms with E-state index in [4.69, 9.17) is 14.2 Å². The molecule has 0 radical (unpaired) electrons. The molecule has 0 heterocycles. The molecule has 0 aliphatic heterocycles. The van der Waals surface area contributed by atoms with Crippen LogP contribution in [0.2, 0.25) is 0 Å². The number of fused-ring (bicyclic) bond motifs is 1. The van der Waals surface area contributed by atoms with Crippen molar-refractivity contribution in [1.82, 2.24) is 10.2 Å². The fourth-order valence-electron chi connectivity index (χ4n) is 3.82. The van der Waals surface area contributed by atoms with Crippen molar-refractivity contribution >= 4 is 5.91 Å². The Morgan fingerprint density at radius 1 is 1.11 bits per heavy atom. The highest BCUT2D eigenvalue weighted by Crippen LogP contribution is 2.38. The molecule has 0 fully saturated rings. The summed E-state index contributed by atoms with van der Waals surface area (Å²) in [5.41, 5.74) is 3.61. The summed E-state index contributed by atoms with van der Waals surface area (Å²) in [6, 6.07) is 12.5. The van der Waals surface area contributed by atoms with E-state index in [1.54, 1.807) is 21.3 Å². The molecule has 28 heavy (non-hydrogen) atoms. The molecule has 1 aliphatic rings. The molecular weight excluding hydrogens is 356 g/mol. The van der Waals surface area contributed by atoms with Crippen LogP contribution in [0.3, 0.4) is 0 Å². The number of carbonyl (C=O) groups excluding carboxylic acids is 1. The molecule has 0 saturated heterocycles. The van der Waals surface area contributed by atoms with Crippen LogP contribution in [-0.4, -0.2) is 45.7 Å². The lowest BCUT2D eigenvalue weighted by Gasteiger charge is -2.24. The van der Waals surface area contributed by atoms with Gasteiger partial charge in [0, 0.05) is 12.6 Å². The highest BCUT2D eigenvalue weighted by atomic mass is 16.5. The zero-order valence-corrected chi connectivity index (χ0v) is 17.0. The van der Waals surface area contributed by atoms with Gasteiger partial charge in [0.25, 0.3) is 0 Å². The minimum Gasteiger partial charge on any atom is -0.493 e. The molecule has 1 aliphatic carbocycles. The van der Waals surface area contributed by atoms with E-state index < -0.39 is 0 Å². The molecule has 2 aromatic carbocycles. The third-order valence-corrected chi connectivity index (χ3v) is 5.24. The Bertz CT molecular complexity index is 812. The Morgan fingerprint density at radius 3 is 2.43 bits per heavy atom. The maximum atomic E-state index is 12.5. The van der Waals surface area contributed by atoms with Gasteiger partial charge in [-0.3, -0.25) is 9.69 Å². The molecule has 0 saturated carbocycles. The number of amides is 1. The molecule has 0 spiro atoms. The van der Waals surface area contributed by atoms with Crippen molar-refractivity contribution in [3.05, 3.63) is 53.1 Å². The van der Waals surface area contributed by atoms with E-state index in [-0.39, 0.29) is 5.91 Å². The Balaban J connectivity index is 1.60. The van der Waals surface area contributed by atoms with Gasteiger partial charge in [-0.25, -0.2) is 0 Å². The van der Waals surface area contributed by atoms with Crippen LogP contribution in [0.5, 0.6) is 17.2 Å². The number of rotatable bonds is 8. The van der Waals surface area contributed by atoms with Crippen LogP contribution >= 0.6 is 0 Å². The van der Waals surface area contributed by atoms with Crippen LogP contribution in [0.1, 0.15) is 29.2 Å². The predicted octanol–water partition coefficient (Wildman–Crippen LogP) is 2.95. The molecule has 6 heteroatoms. The Hall–Kier alpha value is -2.73. The molecule has 0 aromatic heterocycles. The van der Waals surface area contributed by atoms with Gasteiger partial charge in [-0.1, -0.05) is 24.3 Å². The van der Waals surface area contributed by atoms with Gasteiger partial charge in [-0.05, 0) is 48.7 Å². The molecule has 0 unspecified atom stereocenters. The van der Waals surface area contributed by atoms with Crippen LogP contribution in [0, 0.1) is 0 Å². The third-order valence-electron chi connectivity index (χ3n) is 5.24. The maximum absolute atomic E-state index is 12.5. The van der Waals surface area contributed by atoms with E-state index >= 15 is 0 Å².